The molecule has 1 aromatic rings. The Morgan fingerprint density at radius 2 is 2.08 bits per heavy atom. The Hall–Kier alpha value is -1.43. The Bertz CT molecular complexity index is 590. The molecule has 0 N–H and O–H groups in total. The maximum Gasteiger partial charge on any atom is 0.344 e. The largest absolute Gasteiger partial charge is 0.460 e. The van der Waals surface area contributed by atoms with Crippen LogP contribution < -0.4 is 0 Å². The third-order valence-corrected chi connectivity index (χ3v) is 4.94. The molecule has 1 aliphatic carbocycles. The van der Waals surface area contributed by atoms with Gasteiger partial charge in [-0.1, -0.05) is 27.2 Å². The molecule has 0 unspecified atom stereocenters. The van der Waals surface area contributed by atoms with E-state index in [0.29, 0.717) is 27.8 Å². The Morgan fingerprint density at radius 1 is 1.33 bits per heavy atom. The SMILES string of the molecule is CC(C)[C@H]1CC[C@@H](C)C[C@H]1OC(=O)COC(=O)c1cncc(Br)c1. The highest BCUT2D eigenvalue weighted by atomic mass is 79.9. The predicted molar refractivity (Wildman–Crippen MR) is 93.4 cm³/mol. The molecule has 5 nitrogen and oxygen atoms in total. The van der Waals surface area contributed by atoms with Crippen molar-refractivity contribution in [1.29, 1.82) is 0 Å². The van der Waals surface area contributed by atoms with Gasteiger partial charge in [-0.15, -0.1) is 0 Å². The van der Waals surface area contributed by atoms with Crippen molar-refractivity contribution in [2.24, 2.45) is 17.8 Å². The first-order valence-electron chi connectivity index (χ1n) is 8.34. The third kappa shape index (κ3) is 5.30. The van der Waals surface area contributed by atoms with E-state index in [1.807, 2.05) is 0 Å². The van der Waals surface area contributed by atoms with E-state index >= 15 is 0 Å². The maximum absolute atomic E-state index is 12.1. The minimum atomic E-state index is -0.585. The number of carbonyl (C=O) groups excluding carboxylic acids is 2. The van der Waals surface area contributed by atoms with E-state index in [-0.39, 0.29) is 12.7 Å². The van der Waals surface area contributed by atoms with Crippen LogP contribution in [0.25, 0.3) is 0 Å². The van der Waals surface area contributed by atoms with Crippen LogP contribution in [0.1, 0.15) is 50.4 Å². The second kappa shape index (κ2) is 8.60. The summed E-state index contributed by atoms with van der Waals surface area (Å²) in [6.07, 6.45) is 5.99. The van der Waals surface area contributed by atoms with Crippen LogP contribution in [0.5, 0.6) is 0 Å². The van der Waals surface area contributed by atoms with Crippen molar-refractivity contribution < 1.29 is 19.1 Å². The average molecular weight is 398 g/mol. The van der Waals surface area contributed by atoms with Crippen molar-refractivity contribution >= 4 is 27.9 Å². The number of esters is 2. The number of pyridine rings is 1. The Balaban J connectivity index is 1.86. The van der Waals surface area contributed by atoms with Crippen molar-refractivity contribution in [2.45, 2.75) is 46.1 Å². The molecule has 132 valence electrons. The van der Waals surface area contributed by atoms with E-state index in [1.165, 1.54) is 12.6 Å². The maximum atomic E-state index is 12.1. The molecule has 0 aromatic carbocycles. The van der Waals surface area contributed by atoms with Gasteiger partial charge in [0.05, 0.1) is 5.56 Å². The Labute approximate surface area is 151 Å². The van der Waals surface area contributed by atoms with Crippen molar-refractivity contribution in [3.05, 3.63) is 28.5 Å². The van der Waals surface area contributed by atoms with E-state index in [1.54, 1.807) is 12.3 Å². The van der Waals surface area contributed by atoms with Gasteiger partial charge in [-0.25, -0.2) is 9.59 Å². The molecule has 0 saturated heterocycles. The van der Waals surface area contributed by atoms with E-state index in [4.69, 9.17) is 9.47 Å². The first-order valence-corrected chi connectivity index (χ1v) is 9.13. The topological polar surface area (TPSA) is 65.5 Å². The van der Waals surface area contributed by atoms with Crippen LogP contribution in [0.3, 0.4) is 0 Å². The Kier molecular flexibility index (Phi) is 6.78. The van der Waals surface area contributed by atoms with Crippen molar-refractivity contribution in [3.63, 3.8) is 0 Å². The van der Waals surface area contributed by atoms with Gasteiger partial charge < -0.3 is 9.47 Å². The molecule has 0 bridgehead atoms. The highest BCUT2D eigenvalue weighted by Crippen LogP contribution is 2.35. The minimum Gasteiger partial charge on any atom is -0.460 e. The third-order valence-electron chi connectivity index (χ3n) is 4.51. The van der Waals surface area contributed by atoms with E-state index < -0.39 is 11.9 Å². The zero-order valence-electron chi connectivity index (χ0n) is 14.3. The lowest BCUT2D eigenvalue weighted by molar-refractivity contribution is -0.159. The summed E-state index contributed by atoms with van der Waals surface area (Å²) in [5.41, 5.74) is 0.295. The molecule has 0 spiro atoms. The number of carbonyl (C=O) groups is 2. The standard InChI is InChI=1S/C18H24BrNO4/c1-11(2)15-5-4-12(3)6-16(15)24-17(21)10-23-18(22)13-7-14(19)9-20-8-13/h7-9,11-12,15-16H,4-6,10H2,1-3H3/t12-,15-,16-/m1/s1. The molecule has 1 aliphatic rings. The summed E-state index contributed by atoms with van der Waals surface area (Å²) in [5, 5.41) is 0. The Morgan fingerprint density at radius 3 is 2.75 bits per heavy atom. The number of nitrogens with zero attached hydrogens (tertiary/aromatic N) is 1. The molecule has 0 amide bonds. The van der Waals surface area contributed by atoms with Gasteiger partial charge in [0, 0.05) is 16.9 Å². The summed E-state index contributed by atoms with van der Waals surface area (Å²) in [6, 6.07) is 1.60. The van der Waals surface area contributed by atoms with Gasteiger partial charge in [0.25, 0.3) is 0 Å². The number of ether oxygens (including phenoxy) is 2. The first-order chi connectivity index (χ1) is 11.4. The molecule has 0 radical (unpaired) electrons. The van der Waals surface area contributed by atoms with E-state index in [9.17, 15) is 9.59 Å². The molecule has 1 aromatic heterocycles. The number of rotatable bonds is 5. The fourth-order valence-electron chi connectivity index (χ4n) is 3.18. The fourth-order valence-corrected chi connectivity index (χ4v) is 3.55. The molecule has 1 saturated carbocycles. The summed E-state index contributed by atoms with van der Waals surface area (Å²) in [6.45, 7) is 6.11. The second-order valence-electron chi connectivity index (χ2n) is 6.82. The summed E-state index contributed by atoms with van der Waals surface area (Å²) >= 11 is 3.24. The normalized spacial score (nSPS) is 23.8. The summed E-state index contributed by atoms with van der Waals surface area (Å²) in [5.74, 6) is 0.308. The van der Waals surface area contributed by atoms with Crippen molar-refractivity contribution in [2.75, 3.05) is 6.61 Å². The predicted octanol–water partition coefficient (Wildman–Crippen LogP) is 4.00. The van der Waals surface area contributed by atoms with Gasteiger partial charge in [-0.2, -0.15) is 0 Å². The van der Waals surface area contributed by atoms with Crippen LogP contribution in [0.4, 0.5) is 0 Å². The fraction of sp³-hybridized carbons (Fsp3) is 0.611. The lowest BCUT2D eigenvalue weighted by atomic mass is 9.75. The first kappa shape index (κ1) is 18.9. The minimum absolute atomic E-state index is 0.0903. The molecule has 0 aliphatic heterocycles. The smallest absolute Gasteiger partial charge is 0.344 e. The van der Waals surface area contributed by atoms with Crippen molar-refractivity contribution in [1.82, 2.24) is 4.98 Å². The van der Waals surface area contributed by atoms with Gasteiger partial charge in [-0.05, 0) is 52.6 Å². The van der Waals surface area contributed by atoms with Gasteiger partial charge in [-0.3, -0.25) is 4.98 Å². The molecule has 3 atom stereocenters. The summed E-state index contributed by atoms with van der Waals surface area (Å²) in [7, 11) is 0. The van der Waals surface area contributed by atoms with Gasteiger partial charge in [0.1, 0.15) is 6.10 Å². The van der Waals surface area contributed by atoms with Crippen LogP contribution in [-0.2, 0) is 14.3 Å². The molecule has 24 heavy (non-hydrogen) atoms. The van der Waals surface area contributed by atoms with E-state index in [0.717, 1.165) is 12.8 Å². The van der Waals surface area contributed by atoms with Crippen LogP contribution in [0.15, 0.2) is 22.9 Å². The highest BCUT2D eigenvalue weighted by molar-refractivity contribution is 9.10. The van der Waals surface area contributed by atoms with Gasteiger partial charge >= 0.3 is 11.9 Å². The molecule has 2 rings (SSSR count). The highest BCUT2D eigenvalue weighted by Gasteiger charge is 2.33. The van der Waals surface area contributed by atoms with Crippen molar-refractivity contribution in [3.8, 4) is 0 Å². The average Bonchev–Trinajstić information content (AvgIpc) is 2.52. The quantitative estimate of drug-likeness (QED) is 0.702. The lowest BCUT2D eigenvalue weighted by Crippen LogP contribution is -2.36. The number of hydrogen-bond donors (Lipinski definition) is 0. The molecular formula is C18H24BrNO4. The van der Waals surface area contributed by atoms with Gasteiger partial charge in [0.2, 0.25) is 0 Å². The van der Waals surface area contributed by atoms with E-state index in [2.05, 4.69) is 41.7 Å². The van der Waals surface area contributed by atoms with Crippen LogP contribution >= 0.6 is 15.9 Å². The monoisotopic (exact) mass is 397 g/mol. The molecule has 1 heterocycles. The zero-order chi connectivity index (χ0) is 17.7. The number of halogens is 1. The second-order valence-corrected chi connectivity index (χ2v) is 7.74. The summed E-state index contributed by atoms with van der Waals surface area (Å²) < 4.78 is 11.3. The lowest BCUT2D eigenvalue weighted by Gasteiger charge is -2.36. The van der Waals surface area contributed by atoms with Crippen LogP contribution in [-0.4, -0.2) is 29.6 Å². The zero-order valence-corrected chi connectivity index (χ0v) is 15.9. The molecule has 1 fully saturated rings. The van der Waals surface area contributed by atoms with Crippen LogP contribution in [0.2, 0.25) is 0 Å². The van der Waals surface area contributed by atoms with Crippen LogP contribution in [0, 0.1) is 17.8 Å². The number of hydrogen-bond acceptors (Lipinski definition) is 5. The van der Waals surface area contributed by atoms with Gasteiger partial charge in [0.15, 0.2) is 6.61 Å². The number of aromatic nitrogens is 1. The molecular weight excluding hydrogens is 374 g/mol. The molecule has 6 heteroatoms. The summed E-state index contributed by atoms with van der Waals surface area (Å²) in [4.78, 5) is 27.9.